The fraction of sp³-hybridized carbons (Fsp3) is 0.240. The smallest absolute Gasteiger partial charge is 0.251 e. The summed E-state index contributed by atoms with van der Waals surface area (Å²) in [6, 6.07) is 20.8. The van der Waals surface area contributed by atoms with Crippen LogP contribution in [-0.2, 0) is 22.3 Å². The van der Waals surface area contributed by atoms with Gasteiger partial charge in [-0.3, -0.25) is 9.10 Å². The van der Waals surface area contributed by atoms with Gasteiger partial charge in [0.2, 0.25) is 10.0 Å². The van der Waals surface area contributed by atoms with Gasteiger partial charge in [-0.2, -0.15) is 11.8 Å². The lowest BCUT2D eigenvalue weighted by atomic mass is 10.1. The summed E-state index contributed by atoms with van der Waals surface area (Å²) >= 11 is 1.54. The van der Waals surface area contributed by atoms with E-state index >= 15 is 0 Å². The van der Waals surface area contributed by atoms with Gasteiger partial charge in [0.25, 0.3) is 5.91 Å². The highest BCUT2D eigenvalue weighted by Crippen LogP contribution is 2.22. The van der Waals surface area contributed by atoms with E-state index < -0.39 is 10.0 Å². The van der Waals surface area contributed by atoms with Crippen LogP contribution in [0.1, 0.15) is 27.0 Å². The van der Waals surface area contributed by atoms with Gasteiger partial charge in [-0.05, 0) is 53.9 Å². The van der Waals surface area contributed by atoms with Crippen LogP contribution in [0, 0.1) is 12.7 Å². The monoisotopic (exact) mass is 486 g/mol. The number of nitrogens with zero attached hydrogens (tertiary/aromatic N) is 1. The van der Waals surface area contributed by atoms with Crippen molar-refractivity contribution in [3.05, 3.63) is 101 Å². The first kappa shape index (κ1) is 24.8. The second kappa shape index (κ2) is 11.3. The number of aryl methyl sites for hydroxylation is 1. The van der Waals surface area contributed by atoms with Crippen molar-refractivity contribution in [3.8, 4) is 0 Å². The zero-order valence-corrected chi connectivity index (χ0v) is 20.3. The van der Waals surface area contributed by atoms with Crippen LogP contribution in [0.5, 0.6) is 0 Å². The molecule has 0 radical (unpaired) electrons. The third-order valence-electron chi connectivity index (χ3n) is 5.14. The number of anilines is 1. The predicted molar refractivity (Wildman–Crippen MR) is 134 cm³/mol. The molecule has 0 heterocycles. The van der Waals surface area contributed by atoms with E-state index in [2.05, 4.69) is 5.32 Å². The standard InChI is InChI=1S/C25H27FN2O3S2/c1-19-7-3-4-8-21(19)17-28(33(2,30)31)23-13-11-20(12-14-23)25(29)27-15-16-32-18-22-9-5-6-10-24(22)26/h3-14H,15-18H2,1-2H3,(H,27,29). The van der Waals surface area contributed by atoms with Gasteiger partial charge in [0, 0.05) is 23.6 Å². The number of rotatable bonds is 10. The first-order chi connectivity index (χ1) is 15.8. The van der Waals surface area contributed by atoms with Gasteiger partial charge in [-0.25, -0.2) is 12.8 Å². The SMILES string of the molecule is Cc1ccccc1CN(c1ccc(C(=O)NCCSCc2ccccc2F)cc1)S(C)(=O)=O. The molecule has 1 N–H and O–H groups in total. The number of thioether (sulfide) groups is 1. The van der Waals surface area contributed by atoms with Crippen molar-refractivity contribution in [3.63, 3.8) is 0 Å². The molecule has 3 aromatic rings. The summed E-state index contributed by atoms with van der Waals surface area (Å²) in [5, 5.41) is 2.84. The molecule has 0 fully saturated rings. The van der Waals surface area contributed by atoms with E-state index in [4.69, 9.17) is 0 Å². The Labute approximate surface area is 199 Å². The zero-order chi connectivity index (χ0) is 23.8. The van der Waals surface area contributed by atoms with Gasteiger partial charge in [0.15, 0.2) is 0 Å². The third kappa shape index (κ3) is 7.07. The number of nitrogens with one attached hydrogen (secondary N) is 1. The molecule has 0 aromatic heterocycles. The molecule has 0 bridgehead atoms. The molecular weight excluding hydrogens is 459 g/mol. The van der Waals surface area contributed by atoms with Crippen LogP contribution in [0.2, 0.25) is 0 Å². The quantitative estimate of drug-likeness (QED) is 0.420. The minimum atomic E-state index is -3.51. The van der Waals surface area contributed by atoms with Crippen LogP contribution < -0.4 is 9.62 Å². The second-order valence-corrected chi connectivity index (χ2v) is 10.7. The maximum atomic E-state index is 13.6. The van der Waals surface area contributed by atoms with Crippen LogP contribution in [0.4, 0.5) is 10.1 Å². The van der Waals surface area contributed by atoms with Crippen molar-refractivity contribution in [2.24, 2.45) is 0 Å². The maximum Gasteiger partial charge on any atom is 0.251 e. The number of carbonyl (C=O) groups is 1. The molecule has 0 spiro atoms. The van der Waals surface area contributed by atoms with Crippen molar-refractivity contribution < 1.29 is 17.6 Å². The van der Waals surface area contributed by atoms with Gasteiger partial charge >= 0.3 is 0 Å². The Morgan fingerprint density at radius 1 is 0.970 bits per heavy atom. The molecular formula is C25H27FN2O3S2. The van der Waals surface area contributed by atoms with Gasteiger partial charge in [0.05, 0.1) is 18.5 Å². The summed E-state index contributed by atoms with van der Waals surface area (Å²) in [6.07, 6.45) is 1.17. The van der Waals surface area contributed by atoms with Gasteiger partial charge < -0.3 is 5.32 Å². The molecule has 3 aromatic carbocycles. The normalized spacial score (nSPS) is 11.2. The van der Waals surface area contributed by atoms with E-state index in [0.29, 0.717) is 34.9 Å². The summed E-state index contributed by atoms with van der Waals surface area (Å²) in [7, 11) is -3.51. The number of sulfonamides is 1. The summed E-state index contributed by atoms with van der Waals surface area (Å²) in [5.74, 6) is 0.730. The summed E-state index contributed by atoms with van der Waals surface area (Å²) in [6.45, 7) is 2.61. The first-order valence-electron chi connectivity index (χ1n) is 10.5. The maximum absolute atomic E-state index is 13.6. The minimum Gasteiger partial charge on any atom is -0.351 e. The number of hydrogen-bond donors (Lipinski definition) is 1. The van der Waals surface area contributed by atoms with Crippen LogP contribution in [0.15, 0.2) is 72.8 Å². The van der Waals surface area contributed by atoms with E-state index in [-0.39, 0.29) is 18.3 Å². The highest BCUT2D eigenvalue weighted by molar-refractivity contribution is 7.98. The fourth-order valence-electron chi connectivity index (χ4n) is 3.26. The molecule has 0 aliphatic rings. The van der Waals surface area contributed by atoms with Crippen LogP contribution >= 0.6 is 11.8 Å². The molecule has 0 aliphatic heterocycles. The lowest BCUT2D eigenvalue weighted by molar-refractivity contribution is 0.0956. The Kier molecular flexibility index (Phi) is 8.52. The van der Waals surface area contributed by atoms with E-state index in [1.165, 1.54) is 16.6 Å². The Hall–Kier alpha value is -2.84. The summed E-state index contributed by atoms with van der Waals surface area (Å²) in [5.41, 5.74) is 3.51. The molecule has 1 amide bonds. The van der Waals surface area contributed by atoms with E-state index in [9.17, 15) is 17.6 Å². The Balaban J connectivity index is 1.56. The van der Waals surface area contributed by atoms with Gasteiger partial charge in [0.1, 0.15) is 5.82 Å². The van der Waals surface area contributed by atoms with E-state index in [1.54, 1.807) is 54.2 Å². The molecule has 0 saturated heterocycles. The molecule has 5 nitrogen and oxygen atoms in total. The molecule has 0 unspecified atom stereocenters. The molecule has 3 rings (SSSR count). The molecule has 174 valence electrons. The first-order valence-corrected chi connectivity index (χ1v) is 13.5. The number of benzene rings is 3. The second-order valence-electron chi connectivity index (χ2n) is 7.64. The van der Waals surface area contributed by atoms with Crippen molar-refractivity contribution in [1.82, 2.24) is 5.32 Å². The number of halogens is 1. The lowest BCUT2D eigenvalue weighted by Crippen LogP contribution is -2.30. The number of amides is 1. The molecule has 0 aliphatic carbocycles. The van der Waals surface area contributed by atoms with Crippen LogP contribution in [0.3, 0.4) is 0 Å². The fourth-order valence-corrected chi connectivity index (χ4v) is 4.98. The topological polar surface area (TPSA) is 66.5 Å². The van der Waals surface area contributed by atoms with E-state index in [0.717, 1.165) is 11.1 Å². The van der Waals surface area contributed by atoms with Gasteiger partial charge in [-0.1, -0.05) is 42.5 Å². The number of carbonyl (C=O) groups excluding carboxylic acids is 1. The van der Waals surface area contributed by atoms with Crippen molar-refractivity contribution in [2.45, 2.75) is 19.2 Å². The van der Waals surface area contributed by atoms with Crippen molar-refractivity contribution in [1.29, 1.82) is 0 Å². The third-order valence-corrected chi connectivity index (χ3v) is 7.29. The van der Waals surface area contributed by atoms with Gasteiger partial charge in [-0.15, -0.1) is 0 Å². The Morgan fingerprint density at radius 2 is 1.61 bits per heavy atom. The molecule has 0 saturated carbocycles. The lowest BCUT2D eigenvalue weighted by Gasteiger charge is -2.23. The largest absolute Gasteiger partial charge is 0.351 e. The summed E-state index contributed by atoms with van der Waals surface area (Å²) in [4.78, 5) is 12.4. The Morgan fingerprint density at radius 3 is 2.24 bits per heavy atom. The average molecular weight is 487 g/mol. The Bertz CT molecular complexity index is 1200. The van der Waals surface area contributed by atoms with Crippen molar-refractivity contribution >= 4 is 33.4 Å². The summed E-state index contributed by atoms with van der Waals surface area (Å²) < 4.78 is 39.8. The average Bonchev–Trinajstić information content (AvgIpc) is 2.78. The number of hydrogen-bond acceptors (Lipinski definition) is 4. The molecule has 33 heavy (non-hydrogen) atoms. The highest BCUT2D eigenvalue weighted by Gasteiger charge is 2.19. The van der Waals surface area contributed by atoms with Crippen LogP contribution in [-0.4, -0.2) is 32.9 Å². The molecule has 0 atom stereocenters. The predicted octanol–water partition coefficient (Wildman–Crippen LogP) is 4.76. The van der Waals surface area contributed by atoms with Crippen LogP contribution in [0.25, 0.3) is 0 Å². The highest BCUT2D eigenvalue weighted by atomic mass is 32.2. The van der Waals surface area contributed by atoms with E-state index in [1.807, 2.05) is 31.2 Å². The zero-order valence-electron chi connectivity index (χ0n) is 18.6. The minimum absolute atomic E-state index is 0.219. The molecule has 8 heteroatoms. The van der Waals surface area contributed by atoms with Crippen molar-refractivity contribution in [2.75, 3.05) is 22.9 Å².